The number of amides is 1. The number of hydrogen-bond acceptors (Lipinski definition) is 3. The SMILES string of the molecule is CNC(C)(CCCN(CC(C)C)C(C)C)C(N)=O. The maximum atomic E-state index is 11.4. The average Bonchev–Trinajstić information content (AvgIpc) is 2.26. The number of nitrogens with two attached hydrogens (primary N) is 1. The summed E-state index contributed by atoms with van der Waals surface area (Å²) in [6, 6.07) is 0.543. The summed E-state index contributed by atoms with van der Waals surface area (Å²) in [5, 5.41) is 3.03. The molecule has 1 atom stereocenters. The molecular weight excluding hydrogens is 226 g/mol. The van der Waals surface area contributed by atoms with Crippen molar-refractivity contribution in [2.75, 3.05) is 20.1 Å². The highest BCUT2D eigenvalue weighted by Crippen LogP contribution is 2.13. The van der Waals surface area contributed by atoms with Gasteiger partial charge in [-0.25, -0.2) is 0 Å². The van der Waals surface area contributed by atoms with Crippen LogP contribution >= 0.6 is 0 Å². The molecule has 0 heterocycles. The predicted octanol–water partition coefficient (Wildman–Crippen LogP) is 1.60. The Morgan fingerprint density at radius 1 is 1.33 bits per heavy atom. The summed E-state index contributed by atoms with van der Waals surface area (Å²) >= 11 is 0. The molecule has 0 aromatic carbocycles. The molecule has 0 aromatic heterocycles. The lowest BCUT2D eigenvalue weighted by Crippen LogP contribution is -2.51. The van der Waals surface area contributed by atoms with E-state index < -0.39 is 5.54 Å². The third kappa shape index (κ3) is 5.83. The summed E-state index contributed by atoms with van der Waals surface area (Å²) in [4.78, 5) is 13.8. The Hall–Kier alpha value is -0.610. The van der Waals surface area contributed by atoms with E-state index in [1.165, 1.54) is 0 Å². The monoisotopic (exact) mass is 257 g/mol. The van der Waals surface area contributed by atoms with Crippen LogP contribution < -0.4 is 11.1 Å². The van der Waals surface area contributed by atoms with E-state index in [-0.39, 0.29) is 5.91 Å². The van der Waals surface area contributed by atoms with Crippen LogP contribution in [0.1, 0.15) is 47.5 Å². The van der Waals surface area contributed by atoms with Gasteiger partial charge in [0.2, 0.25) is 5.91 Å². The van der Waals surface area contributed by atoms with Crippen LogP contribution in [0.3, 0.4) is 0 Å². The molecule has 108 valence electrons. The van der Waals surface area contributed by atoms with Gasteiger partial charge >= 0.3 is 0 Å². The highest BCUT2D eigenvalue weighted by atomic mass is 16.1. The summed E-state index contributed by atoms with van der Waals surface area (Å²) in [6.45, 7) is 12.9. The van der Waals surface area contributed by atoms with Crippen molar-refractivity contribution >= 4 is 5.91 Å². The first-order valence-electron chi connectivity index (χ1n) is 6.95. The molecule has 18 heavy (non-hydrogen) atoms. The summed E-state index contributed by atoms with van der Waals surface area (Å²) in [5.41, 5.74) is 4.84. The van der Waals surface area contributed by atoms with Crippen LogP contribution in [-0.4, -0.2) is 42.5 Å². The maximum Gasteiger partial charge on any atom is 0.237 e. The summed E-state index contributed by atoms with van der Waals surface area (Å²) in [6.07, 6.45) is 1.76. The zero-order valence-corrected chi connectivity index (χ0v) is 12.9. The van der Waals surface area contributed by atoms with Crippen molar-refractivity contribution in [2.24, 2.45) is 11.7 Å². The Balaban J connectivity index is 4.24. The molecule has 0 aliphatic carbocycles. The second-order valence-corrected chi connectivity index (χ2v) is 6.03. The predicted molar refractivity (Wildman–Crippen MR) is 77.4 cm³/mol. The van der Waals surface area contributed by atoms with Gasteiger partial charge in [-0.2, -0.15) is 0 Å². The van der Waals surface area contributed by atoms with Crippen LogP contribution in [0.4, 0.5) is 0 Å². The molecule has 0 bridgehead atoms. The molecule has 0 radical (unpaired) electrons. The van der Waals surface area contributed by atoms with Crippen molar-refractivity contribution in [3.63, 3.8) is 0 Å². The van der Waals surface area contributed by atoms with Gasteiger partial charge < -0.3 is 16.0 Å². The molecule has 0 spiro atoms. The van der Waals surface area contributed by atoms with E-state index in [1.807, 2.05) is 6.92 Å². The van der Waals surface area contributed by atoms with Gasteiger partial charge in [-0.15, -0.1) is 0 Å². The molecule has 0 saturated carbocycles. The van der Waals surface area contributed by atoms with Crippen molar-refractivity contribution in [2.45, 2.75) is 59.0 Å². The van der Waals surface area contributed by atoms with Gasteiger partial charge in [0.05, 0.1) is 5.54 Å². The summed E-state index contributed by atoms with van der Waals surface area (Å²) in [7, 11) is 1.79. The smallest absolute Gasteiger partial charge is 0.237 e. The fraction of sp³-hybridized carbons (Fsp3) is 0.929. The third-order valence-corrected chi connectivity index (χ3v) is 3.55. The first-order valence-corrected chi connectivity index (χ1v) is 6.95. The highest BCUT2D eigenvalue weighted by molar-refractivity contribution is 5.84. The van der Waals surface area contributed by atoms with E-state index in [0.29, 0.717) is 12.0 Å². The third-order valence-electron chi connectivity index (χ3n) is 3.55. The molecule has 0 fully saturated rings. The van der Waals surface area contributed by atoms with Crippen molar-refractivity contribution < 1.29 is 4.79 Å². The average molecular weight is 257 g/mol. The van der Waals surface area contributed by atoms with Crippen LogP contribution in [-0.2, 0) is 4.79 Å². The Labute approximate surface area is 112 Å². The molecule has 0 aromatic rings. The Bertz CT molecular complexity index is 253. The minimum Gasteiger partial charge on any atom is -0.368 e. The van der Waals surface area contributed by atoms with Crippen molar-refractivity contribution in [3.05, 3.63) is 0 Å². The Morgan fingerprint density at radius 2 is 1.89 bits per heavy atom. The maximum absolute atomic E-state index is 11.4. The molecule has 3 N–H and O–H groups in total. The van der Waals surface area contributed by atoms with Gasteiger partial charge in [-0.1, -0.05) is 13.8 Å². The lowest BCUT2D eigenvalue weighted by molar-refractivity contribution is -0.123. The molecule has 1 amide bonds. The second kappa shape index (κ2) is 7.74. The molecule has 1 unspecified atom stereocenters. The van der Waals surface area contributed by atoms with Gasteiger partial charge in [-0.05, 0) is 53.1 Å². The zero-order chi connectivity index (χ0) is 14.3. The van der Waals surface area contributed by atoms with E-state index >= 15 is 0 Å². The van der Waals surface area contributed by atoms with E-state index in [2.05, 4.69) is 37.9 Å². The minimum absolute atomic E-state index is 0.273. The van der Waals surface area contributed by atoms with Crippen molar-refractivity contribution in [1.82, 2.24) is 10.2 Å². The number of rotatable bonds is 9. The molecule has 0 saturated heterocycles. The normalized spacial score (nSPS) is 15.4. The van der Waals surface area contributed by atoms with Gasteiger partial charge in [0.25, 0.3) is 0 Å². The largest absolute Gasteiger partial charge is 0.368 e. The lowest BCUT2D eigenvalue weighted by Gasteiger charge is -2.30. The van der Waals surface area contributed by atoms with Gasteiger partial charge in [-0.3, -0.25) is 4.79 Å². The first kappa shape index (κ1) is 17.4. The lowest BCUT2D eigenvalue weighted by atomic mass is 9.95. The summed E-state index contributed by atoms with van der Waals surface area (Å²) in [5.74, 6) is 0.393. The van der Waals surface area contributed by atoms with E-state index in [9.17, 15) is 4.79 Å². The topological polar surface area (TPSA) is 58.4 Å². The Morgan fingerprint density at radius 3 is 2.22 bits per heavy atom. The number of hydrogen-bond donors (Lipinski definition) is 2. The van der Waals surface area contributed by atoms with E-state index in [1.54, 1.807) is 7.05 Å². The van der Waals surface area contributed by atoms with Gasteiger partial charge in [0, 0.05) is 12.6 Å². The molecular formula is C14H31N3O. The number of nitrogens with zero attached hydrogens (tertiary/aromatic N) is 1. The van der Waals surface area contributed by atoms with Crippen LogP contribution in [0.25, 0.3) is 0 Å². The highest BCUT2D eigenvalue weighted by Gasteiger charge is 2.28. The van der Waals surface area contributed by atoms with Gasteiger partial charge in [0.1, 0.15) is 0 Å². The fourth-order valence-corrected chi connectivity index (χ4v) is 2.04. The van der Waals surface area contributed by atoms with Gasteiger partial charge in [0.15, 0.2) is 0 Å². The second-order valence-electron chi connectivity index (χ2n) is 6.03. The number of primary amides is 1. The fourth-order valence-electron chi connectivity index (χ4n) is 2.04. The molecule has 4 nitrogen and oxygen atoms in total. The number of likely N-dealkylation sites (N-methyl/N-ethyl adjacent to an activating group) is 1. The van der Waals surface area contributed by atoms with Crippen LogP contribution in [0, 0.1) is 5.92 Å². The van der Waals surface area contributed by atoms with E-state index in [4.69, 9.17) is 5.73 Å². The van der Waals surface area contributed by atoms with E-state index in [0.717, 1.165) is 25.9 Å². The molecule has 4 heteroatoms. The number of carbonyl (C=O) groups is 1. The van der Waals surface area contributed by atoms with Crippen LogP contribution in [0.5, 0.6) is 0 Å². The van der Waals surface area contributed by atoms with Crippen molar-refractivity contribution in [1.29, 1.82) is 0 Å². The Kier molecular flexibility index (Phi) is 7.48. The zero-order valence-electron chi connectivity index (χ0n) is 12.9. The number of nitrogens with one attached hydrogen (secondary N) is 1. The van der Waals surface area contributed by atoms with Crippen LogP contribution in [0.2, 0.25) is 0 Å². The molecule has 0 aliphatic heterocycles. The molecule has 0 aliphatic rings. The first-order chi connectivity index (χ1) is 8.23. The van der Waals surface area contributed by atoms with Crippen molar-refractivity contribution in [3.8, 4) is 0 Å². The van der Waals surface area contributed by atoms with Crippen LogP contribution in [0.15, 0.2) is 0 Å². The standard InChI is InChI=1S/C14H31N3O/c1-11(2)10-17(12(3)4)9-7-8-14(5,16-6)13(15)18/h11-12,16H,7-10H2,1-6H3,(H2,15,18). The number of carbonyl (C=O) groups excluding carboxylic acids is 1. The summed E-state index contributed by atoms with van der Waals surface area (Å²) < 4.78 is 0. The molecule has 0 rings (SSSR count). The quantitative estimate of drug-likeness (QED) is 0.659. The minimum atomic E-state index is -0.583.